The molecular formula is C21H21ClFN9OS2. The van der Waals surface area contributed by atoms with Crippen molar-refractivity contribution in [1.29, 1.82) is 0 Å². The van der Waals surface area contributed by atoms with E-state index >= 15 is 0 Å². The molecule has 14 heteroatoms. The van der Waals surface area contributed by atoms with Gasteiger partial charge in [-0.3, -0.25) is 14.3 Å². The molecule has 0 saturated carbocycles. The molecule has 0 aliphatic carbocycles. The molecule has 5 aromatic rings. The van der Waals surface area contributed by atoms with Crippen LogP contribution in [0.4, 0.5) is 10.2 Å². The van der Waals surface area contributed by atoms with Gasteiger partial charge in [-0.05, 0) is 18.2 Å². The Hall–Kier alpha value is -3.16. The van der Waals surface area contributed by atoms with E-state index in [-0.39, 0.29) is 57.6 Å². The number of rotatable bonds is 4. The predicted octanol–water partition coefficient (Wildman–Crippen LogP) is 2.77. The van der Waals surface area contributed by atoms with Crippen molar-refractivity contribution in [2.24, 2.45) is 0 Å². The zero-order valence-electron chi connectivity index (χ0n) is 18.1. The number of fused-ring (bicyclic) bond motifs is 2. The molecule has 5 aromatic heterocycles. The summed E-state index contributed by atoms with van der Waals surface area (Å²) in [5, 5.41) is 5.00. The van der Waals surface area contributed by atoms with E-state index in [9.17, 15) is 9.18 Å². The molecule has 1 N–H and O–H groups in total. The van der Waals surface area contributed by atoms with E-state index in [1.54, 1.807) is 29.4 Å². The number of pyridine rings is 1. The van der Waals surface area contributed by atoms with Gasteiger partial charge in [-0.15, -0.1) is 0 Å². The van der Waals surface area contributed by atoms with Crippen molar-refractivity contribution in [2.75, 3.05) is 11.4 Å². The Balaban J connectivity index is 0.00000144. The summed E-state index contributed by atoms with van der Waals surface area (Å²) in [6.45, 7) is 0.268. The maximum absolute atomic E-state index is 14.8. The molecule has 35 heavy (non-hydrogen) atoms. The smallest absolute Gasteiger partial charge is 0.279 e. The summed E-state index contributed by atoms with van der Waals surface area (Å²) >= 11 is 6.28. The number of alkyl halides is 1. The average Bonchev–Trinajstić information content (AvgIpc) is 3.54. The SMILES string of the molecule is O=c1c2c(Cl)ccn2nc([C@@H]2C[C@H](F)CN2c2ncnc3nc[nH]c23)n1Cc1ccccn1.S.S. The summed E-state index contributed by atoms with van der Waals surface area (Å²) in [7, 11) is 0. The Morgan fingerprint density at radius 2 is 2.00 bits per heavy atom. The number of aromatic amines is 1. The Bertz CT molecular complexity index is 1540. The second-order valence-corrected chi connectivity index (χ2v) is 8.23. The van der Waals surface area contributed by atoms with Crippen molar-refractivity contribution in [3.8, 4) is 0 Å². The molecular weight excluding hydrogens is 513 g/mol. The highest BCUT2D eigenvalue weighted by atomic mass is 35.5. The Morgan fingerprint density at radius 3 is 2.80 bits per heavy atom. The van der Waals surface area contributed by atoms with E-state index in [4.69, 9.17) is 16.7 Å². The first-order chi connectivity index (χ1) is 16.1. The van der Waals surface area contributed by atoms with Crippen LogP contribution in [-0.4, -0.2) is 51.8 Å². The van der Waals surface area contributed by atoms with Crippen molar-refractivity contribution < 1.29 is 4.39 Å². The molecule has 182 valence electrons. The molecule has 0 aromatic carbocycles. The van der Waals surface area contributed by atoms with Gasteiger partial charge in [0.2, 0.25) is 0 Å². The van der Waals surface area contributed by atoms with E-state index in [1.807, 2.05) is 12.1 Å². The van der Waals surface area contributed by atoms with Gasteiger partial charge >= 0.3 is 0 Å². The lowest BCUT2D eigenvalue weighted by atomic mass is 10.2. The number of hydrogen-bond acceptors (Lipinski definition) is 7. The molecule has 6 rings (SSSR count). The summed E-state index contributed by atoms with van der Waals surface area (Å²) in [6.07, 6.45) is 5.21. The van der Waals surface area contributed by atoms with Crippen LogP contribution in [0.3, 0.4) is 0 Å². The lowest BCUT2D eigenvalue weighted by Gasteiger charge is -2.27. The quantitative estimate of drug-likeness (QED) is 0.378. The van der Waals surface area contributed by atoms with E-state index in [0.717, 1.165) is 0 Å². The van der Waals surface area contributed by atoms with Crippen molar-refractivity contribution in [2.45, 2.75) is 25.2 Å². The minimum atomic E-state index is -1.13. The topological polar surface area (TPSA) is 110 Å². The standard InChI is InChI=1S/C21H17ClFN9O.2H2S/c22-14-4-6-32-17(14)21(33)31(9-13-3-1-2-5-24-13)19(29-32)15-7-12(23)8-30(15)20-16-18(26-10-25-16)27-11-28-20;;/h1-6,10-12,15H,7-9H2,(H,25,26,27,28);2*1H2/t12-,15-;;/m0../s1. The highest BCUT2D eigenvalue weighted by molar-refractivity contribution is 7.59. The predicted molar refractivity (Wildman–Crippen MR) is 140 cm³/mol. The first kappa shape index (κ1) is 24.9. The highest BCUT2D eigenvalue weighted by Gasteiger charge is 2.38. The first-order valence-corrected chi connectivity index (χ1v) is 10.7. The second kappa shape index (κ2) is 9.84. The molecule has 10 nitrogen and oxygen atoms in total. The number of nitrogens with one attached hydrogen (secondary N) is 1. The number of anilines is 1. The molecule has 0 bridgehead atoms. The van der Waals surface area contributed by atoms with Gasteiger partial charge in [0, 0.05) is 18.8 Å². The van der Waals surface area contributed by atoms with Crippen LogP contribution in [0.5, 0.6) is 0 Å². The molecule has 0 amide bonds. The van der Waals surface area contributed by atoms with E-state index in [1.165, 1.54) is 21.7 Å². The fraction of sp³-hybridized carbons (Fsp3) is 0.238. The summed E-state index contributed by atoms with van der Waals surface area (Å²) < 4.78 is 17.8. The number of imidazole rings is 1. The average molecular weight is 534 g/mol. The van der Waals surface area contributed by atoms with Crippen LogP contribution in [-0.2, 0) is 6.54 Å². The third-order valence-electron chi connectivity index (χ3n) is 5.82. The van der Waals surface area contributed by atoms with Gasteiger partial charge in [-0.1, -0.05) is 17.7 Å². The Kier molecular flexibility index (Phi) is 7.01. The normalized spacial score (nSPS) is 17.5. The van der Waals surface area contributed by atoms with Crippen LogP contribution in [0.2, 0.25) is 5.02 Å². The molecule has 0 radical (unpaired) electrons. The van der Waals surface area contributed by atoms with E-state index < -0.39 is 12.2 Å². The largest absolute Gasteiger partial charge is 0.341 e. The van der Waals surface area contributed by atoms with Crippen LogP contribution in [0.15, 0.2) is 54.1 Å². The molecule has 0 unspecified atom stereocenters. The minimum Gasteiger partial charge on any atom is -0.341 e. The molecule has 1 fully saturated rings. The van der Waals surface area contributed by atoms with Crippen molar-refractivity contribution in [1.82, 2.24) is 39.1 Å². The number of hydrogen-bond donors (Lipinski definition) is 1. The van der Waals surface area contributed by atoms with Crippen LogP contribution in [0.1, 0.15) is 24.0 Å². The molecule has 1 saturated heterocycles. The Labute approximate surface area is 217 Å². The fourth-order valence-electron chi connectivity index (χ4n) is 4.37. The zero-order chi connectivity index (χ0) is 22.5. The monoisotopic (exact) mass is 533 g/mol. The van der Waals surface area contributed by atoms with Crippen LogP contribution in [0, 0.1) is 0 Å². The lowest BCUT2D eigenvalue weighted by molar-refractivity contribution is 0.353. The van der Waals surface area contributed by atoms with Gasteiger partial charge < -0.3 is 9.88 Å². The molecule has 6 heterocycles. The fourth-order valence-corrected chi connectivity index (χ4v) is 4.59. The van der Waals surface area contributed by atoms with Gasteiger partial charge in [0.15, 0.2) is 17.3 Å². The third-order valence-corrected chi connectivity index (χ3v) is 6.13. The van der Waals surface area contributed by atoms with Gasteiger partial charge in [0.1, 0.15) is 23.5 Å². The number of halogens is 2. The lowest BCUT2D eigenvalue weighted by Crippen LogP contribution is -2.34. The maximum atomic E-state index is 14.8. The van der Waals surface area contributed by atoms with Crippen LogP contribution in [0.25, 0.3) is 16.7 Å². The van der Waals surface area contributed by atoms with Crippen molar-refractivity contribution in [3.05, 3.63) is 76.2 Å². The number of nitrogens with zero attached hydrogens (tertiary/aromatic N) is 8. The van der Waals surface area contributed by atoms with Crippen molar-refractivity contribution >= 4 is 61.1 Å². The van der Waals surface area contributed by atoms with Gasteiger partial charge in [0.25, 0.3) is 5.56 Å². The Morgan fingerprint density at radius 1 is 1.14 bits per heavy atom. The summed E-state index contributed by atoms with van der Waals surface area (Å²) in [5.74, 6) is 0.906. The maximum Gasteiger partial charge on any atom is 0.279 e. The molecule has 1 aliphatic heterocycles. The summed E-state index contributed by atoms with van der Waals surface area (Å²) in [4.78, 5) is 35.4. The summed E-state index contributed by atoms with van der Waals surface area (Å²) in [6, 6.07) is 6.53. The van der Waals surface area contributed by atoms with Gasteiger partial charge in [0.05, 0.1) is 36.2 Å². The van der Waals surface area contributed by atoms with Crippen LogP contribution < -0.4 is 10.5 Å². The molecule has 2 atom stereocenters. The first-order valence-electron chi connectivity index (χ1n) is 10.3. The highest BCUT2D eigenvalue weighted by Crippen LogP contribution is 2.37. The van der Waals surface area contributed by atoms with Crippen molar-refractivity contribution in [3.63, 3.8) is 0 Å². The van der Waals surface area contributed by atoms with Gasteiger partial charge in [-0.25, -0.2) is 23.9 Å². The zero-order valence-corrected chi connectivity index (χ0v) is 20.9. The van der Waals surface area contributed by atoms with E-state index in [0.29, 0.717) is 33.5 Å². The van der Waals surface area contributed by atoms with Crippen LogP contribution >= 0.6 is 38.6 Å². The number of H-pyrrole nitrogens is 1. The van der Waals surface area contributed by atoms with Gasteiger partial charge in [-0.2, -0.15) is 32.1 Å². The molecule has 0 spiro atoms. The third kappa shape index (κ3) is 4.23. The summed E-state index contributed by atoms with van der Waals surface area (Å²) in [5.41, 5.74) is 1.69. The second-order valence-electron chi connectivity index (χ2n) is 7.83. The number of aromatic nitrogens is 8. The van der Waals surface area contributed by atoms with E-state index in [2.05, 4.69) is 24.9 Å². The minimum absolute atomic E-state index is 0. The molecule has 1 aliphatic rings.